The normalized spacial score (nSPS) is 19.4. The second-order valence-electron chi connectivity index (χ2n) is 6.53. The maximum absolute atomic E-state index is 12.2. The summed E-state index contributed by atoms with van der Waals surface area (Å²) in [6, 6.07) is 4.22. The minimum absolute atomic E-state index is 0.0975. The number of carbonyl (C=O) groups is 1. The molecule has 0 bridgehead atoms. The molecule has 3 rings (SSSR count). The summed E-state index contributed by atoms with van der Waals surface area (Å²) in [4.78, 5) is 18.2. The van der Waals surface area contributed by atoms with Crippen LogP contribution in [-0.2, 0) is 4.74 Å². The van der Waals surface area contributed by atoms with Gasteiger partial charge in [0.15, 0.2) is 0 Å². The van der Waals surface area contributed by atoms with Gasteiger partial charge in [-0.1, -0.05) is 12.8 Å². The fourth-order valence-corrected chi connectivity index (χ4v) is 3.37. The van der Waals surface area contributed by atoms with E-state index in [0.717, 1.165) is 44.5 Å². The van der Waals surface area contributed by atoms with Crippen molar-refractivity contribution >= 4 is 6.03 Å². The predicted octanol–water partition coefficient (Wildman–Crippen LogP) is 2.59. The molecule has 1 aromatic rings. The molecule has 2 amide bonds. The van der Waals surface area contributed by atoms with Gasteiger partial charge < -0.3 is 19.7 Å². The molecule has 1 N–H and O–H groups in total. The maximum Gasteiger partial charge on any atom is 0.317 e. The van der Waals surface area contributed by atoms with Gasteiger partial charge in [-0.2, -0.15) is 0 Å². The number of aromatic nitrogens is 1. The number of carbonyl (C=O) groups excluding carboxylic acids is 1. The number of urea groups is 1. The summed E-state index contributed by atoms with van der Waals surface area (Å²) in [6.07, 6.45) is 10.2. The van der Waals surface area contributed by atoms with E-state index in [-0.39, 0.29) is 12.1 Å². The van der Waals surface area contributed by atoms with Crippen LogP contribution in [0.4, 0.5) is 4.79 Å². The van der Waals surface area contributed by atoms with Gasteiger partial charge in [0.05, 0.1) is 18.9 Å². The first-order valence-electron chi connectivity index (χ1n) is 9.01. The number of amides is 2. The average molecular weight is 333 g/mol. The fourth-order valence-electron chi connectivity index (χ4n) is 3.37. The Hall–Kier alpha value is -1.82. The Morgan fingerprint density at radius 1 is 1.21 bits per heavy atom. The lowest BCUT2D eigenvalue weighted by Crippen LogP contribution is -2.48. The van der Waals surface area contributed by atoms with E-state index in [4.69, 9.17) is 9.47 Å². The van der Waals surface area contributed by atoms with Crippen molar-refractivity contribution in [1.29, 1.82) is 0 Å². The molecule has 0 aromatic carbocycles. The first-order chi connectivity index (χ1) is 11.8. The molecule has 132 valence electrons. The van der Waals surface area contributed by atoms with Crippen LogP contribution in [0.1, 0.15) is 38.5 Å². The van der Waals surface area contributed by atoms with Gasteiger partial charge in [-0.3, -0.25) is 4.98 Å². The largest absolute Gasteiger partial charge is 0.490 e. The molecule has 2 aliphatic rings. The van der Waals surface area contributed by atoms with E-state index in [0.29, 0.717) is 19.3 Å². The Bertz CT molecular complexity index is 497. The predicted molar refractivity (Wildman–Crippen MR) is 91.1 cm³/mol. The van der Waals surface area contributed by atoms with Crippen molar-refractivity contribution in [2.75, 3.05) is 26.3 Å². The van der Waals surface area contributed by atoms with E-state index in [1.807, 2.05) is 17.0 Å². The van der Waals surface area contributed by atoms with Crippen molar-refractivity contribution in [1.82, 2.24) is 15.2 Å². The SMILES string of the molecule is O=C(NC1CCCC1)N1CCC(OCCOc2cccnc2)CC1. The highest BCUT2D eigenvalue weighted by Gasteiger charge is 2.25. The molecule has 0 spiro atoms. The first kappa shape index (κ1) is 17.0. The molecule has 2 heterocycles. The van der Waals surface area contributed by atoms with Crippen molar-refractivity contribution in [3.63, 3.8) is 0 Å². The second kappa shape index (κ2) is 8.87. The number of hydrogen-bond acceptors (Lipinski definition) is 4. The van der Waals surface area contributed by atoms with Gasteiger partial charge in [0.25, 0.3) is 0 Å². The lowest BCUT2D eigenvalue weighted by molar-refractivity contribution is 0.00170. The molecule has 6 heteroatoms. The van der Waals surface area contributed by atoms with E-state index in [2.05, 4.69) is 10.3 Å². The molecule has 1 aromatic heterocycles. The van der Waals surface area contributed by atoms with Gasteiger partial charge in [0.1, 0.15) is 12.4 Å². The topological polar surface area (TPSA) is 63.7 Å². The number of pyridine rings is 1. The molecule has 6 nitrogen and oxygen atoms in total. The van der Waals surface area contributed by atoms with Gasteiger partial charge in [-0.05, 0) is 37.8 Å². The van der Waals surface area contributed by atoms with Crippen molar-refractivity contribution < 1.29 is 14.3 Å². The fraction of sp³-hybridized carbons (Fsp3) is 0.667. The van der Waals surface area contributed by atoms with Crippen molar-refractivity contribution in [2.24, 2.45) is 0 Å². The third kappa shape index (κ3) is 5.09. The van der Waals surface area contributed by atoms with E-state index in [9.17, 15) is 4.79 Å². The number of nitrogens with one attached hydrogen (secondary N) is 1. The van der Waals surface area contributed by atoms with Crippen molar-refractivity contribution in [2.45, 2.75) is 50.7 Å². The molecule has 1 aliphatic carbocycles. The number of hydrogen-bond donors (Lipinski definition) is 1. The van der Waals surface area contributed by atoms with Crippen molar-refractivity contribution in [3.8, 4) is 5.75 Å². The summed E-state index contributed by atoms with van der Waals surface area (Å²) in [5.74, 6) is 0.763. The van der Waals surface area contributed by atoms with Gasteiger partial charge in [-0.15, -0.1) is 0 Å². The lowest BCUT2D eigenvalue weighted by Gasteiger charge is -2.32. The zero-order valence-corrected chi connectivity index (χ0v) is 14.2. The number of nitrogens with zero attached hydrogens (tertiary/aromatic N) is 2. The van der Waals surface area contributed by atoms with Crippen LogP contribution >= 0.6 is 0 Å². The molecule has 0 radical (unpaired) electrons. The summed E-state index contributed by atoms with van der Waals surface area (Å²) in [7, 11) is 0. The second-order valence-corrected chi connectivity index (χ2v) is 6.53. The summed E-state index contributed by atoms with van der Waals surface area (Å²) >= 11 is 0. The molecule has 1 saturated heterocycles. The molecular formula is C18H27N3O3. The molecular weight excluding hydrogens is 306 g/mol. The maximum atomic E-state index is 12.2. The van der Waals surface area contributed by atoms with Gasteiger partial charge >= 0.3 is 6.03 Å². The van der Waals surface area contributed by atoms with Gasteiger partial charge in [-0.25, -0.2) is 4.79 Å². The molecule has 1 saturated carbocycles. The monoisotopic (exact) mass is 333 g/mol. The summed E-state index contributed by atoms with van der Waals surface area (Å²) in [5, 5.41) is 3.15. The Balaban J connectivity index is 1.28. The van der Waals surface area contributed by atoms with Crippen LogP contribution in [0, 0.1) is 0 Å². The van der Waals surface area contributed by atoms with Crippen molar-refractivity contribution in [3.05, 3.63) is 24.5 Å². The molecule has 2 fully saturated rings. The van der Waals surface area contributed by atoms with Gasteiger partial charge in [0.2, 0.25) is 0 Å². The smallest absolute Gasteiger partial charge is 0.317 e. The molecule has 24 heavy (non-hydrogen) atoms. The Morgan fingerprint density at radius 2 is 2.00 bits per heavy atom. The van der Waals surface area contributed by atoms with Gasteiger partial charge in [0, 0.05) is 25.3 Å². The number of piperidine rings is 1. The van der Waals surface area contributed by atoms with Crippen LogP contribution in [0.3, 0.4) is 0 Å². The summed E-state index contributed by atoms with van der Waals surface area (Å²) in [5.41, 5.74) is 0. The first-order valence-corrected chi connectivity index (χ1v) is 9.01. The zero-order chi connectivity index (χ0) is 16.6. The van der Waals surface area contributed by atoms with E-state index >= 15 is 0 Å². The average Bonchev–Trinajstić information content (AvgIpc) is 3.13. The van der Waals surface area contributed by atoms with Crippen LogP contribution in [0.5, 0.6) is 5.75 Å². The summed E-state index contributed by atoms with van der Waals surface area (Å²) in [6.45, 7) is 2.63. The standard InChI is InChI=1S/C18H27N3O3/c22-18(20-15-4-1-2-5-15)21-10-7-16(8-11-21)23-12-13-24-17-6-3-9-19-14-17/h3,6,9,14-16H,1-2,4-5,7-8,10-13H2,(H,20,22). The van der Waals surface area contributed by atoms with E-state index in [1.165, 1.54) is 12.8 Å². The quantitative estimate of drug-likeness (QED) is 0.813. The zero-order valence-electron chi connectivity index (χ0n) is 14.2. The Labute approximate surface area is 143 Å². The molecule has 0 unspecified atom stereocenters. The highest BCUT2D eigenvalue weighted by atomic mass is 16.5. The third-order valence-corrected chi connectivity index (χ3v) is 4.75. The number of rotatable bonds is 6. The Morgan fingerprint density at radius 3 is 2.71 bits per heavy atom. The minimum atomic E-state index is 0.0975. The van der Waals surface area contributed by atoms with E-state index in [1.54, 1.807) is 12.4 Å². The molecule has 1 aliphatic heterocycles. The number of ether oxygens (including phenoxy) is 2. The number of likely N-dealkylation sites (tertiary alicyclic amines) is 1. The van der Waals surface area contributed by atoms with Crippen LogP contribution in [0.15, 0.2) is 24.5 Å². The van der Waals surface area contributed by atoms with Crippen LogP contribution in [0.2, 0.25) is 0 Å². The lowest BCUT2D eigenvalue weighted by atomic mass is 10.1. The Kier molecular flexibility index (Phi) is 6.29. The highest BCUT2D eigenvalue weighted by Crippen LogP contribution is 2.19. The van der Waals surface area contributed by atoms with Crippen LogP contribution < -0.4 is 10.1 Å². The summed E-state index contributed by atoms with van der Waals surface area (Å²) < 4.78 is 11.4. The van der Waals surface area contributed by atoms with Crippen LogP contribution in [-0.4, -0.2) is 54.4 Å². The highest BCUT2D eigenvalue weighted by molar-refractivity contribution is 5.74. The van der Waals surface area contributed by atoms with Crippen LogP contribution in [0.25, 0.3) is 0 Å². The van der Waals surface area contributed by atoms with E-state index < -0.39 is 0 Å². The molecule has 0 atom stereocenters. The third-order valence-electron chi connectivity index (χ3n) is 4.75. The minimum Gasteiger partial charge on any atom is -0.490 e.